The molecule has 2 rings (SSSR count). The first-order valence-corrected chi connectivity index (χ1v) is 6.65. The minimum Gasteiger partial charge on any atom is -0.364 e. The number of amides is 1. The summed E-state index contributed by atoms with van der Waals surface area (Å²) >= 11 is 0. The van der Waals surface area contributed by atoms with Crippen LogP contribution < -0.4 is 11.1 Å². The molecule has 1 amide bonds. The first-order chi connectivity index (χ1) is 9.81. The van der Waals surface area contributed by atoms with Crippen LogP contribution in [-0.2, 0) is 15.7 Å². The smallest absolute Gasteiger partial charge is 0.364 e. The van der Waals surface area contributed by atoms with Crippen LogP contribution in [0.15, 0.2) is 18.2 Å². The van der Waals surface area contributed by atoms with E-state index in [2.05, 4.69) is 5.32 Å². The Bertz CT molecular complexity index is 537. The predicted octanol–water partition coefficient (Wildman–Crippen LogP) is 2.88. The molecule has 0 unspecified atom stereocenters. The number of nitrogens with two attached hydrogens (primary N) is 1. The lowest BCUT2D eigenvalue weighted by atomic mass is 10.1. The van der Waals surface area contributed by atoms with Crippen molar-refractivity contribution in [3.05, 3.63) is 29.3 Å². The second-order valence-electron chi connectivity index (χ2n) is 5.08. The summed E-state index contributed by atoms with van der Waals surface area (Å²) in [6, 6.07) is 3.25. The van der Waals surface area contributed by atoms with Crippen molar-refractivity contribution >= 4 is 24.0 Å². The van der Waals surface area contributed by atoms with Crippen molar-refractivity contribution in [1.82, 2.24) is 0 Å². The third kappa shape index (κ3) is 4.34. The van der Waals surface area contributed by atoms with Gasteiger partial charge < -0.3 is 15.8 Å². The van der Waals surface area contributed by atoms with Crippen LogP contribution in [0.1, 0.15) is 24.0 Å². The standard InChI is InChI=1S/C14H17F3N2O2.ClH/c1-8-2-3-9(14(15,16)17)6-11(8)19-13(20)12-5-4-10(7-18)21-12;/h2-3,6,10,12H,4-5,7,18H2,1H3,(H,19,20);1H/t10-,12+;/m1./s1. The highest BCUT2D eigenvalue weighted by atomic mass is 35.5. The summed E-state index contributed by atoms with van der Waals surface area (Å²) in [5, 5.41) is 2.50. The van der Waals surface area contributed by atoms with Gasteiger partial charge in [-0.25, -0.2) is 0 Å². The Hall–Kier alpha value is -1.31. The van der Waals surface area contributed by atoms with Crippen LogP contribution in [0.2, 0.25) is 0 Å². The average molecular weight is 339 g/mol. The fourth-order valence-corrected chi connectivity index (χ4v) is 2.22. The molecular formula is C14H18ClF3N2O2. The van der Waals surface area contributed by atoms with Crippen LogP contribution in [0.5, 0.6) is 0 Å². The van der Waals surface area contributed by atoms with Crippen LogP contribution >= 0.6 is 12.4 Å². The maximum Gasteiger partial charge on any atom is 0.416 e. The molecule has 1 aromatic carbocycles. The van der Waals surface area contributed by atoms with Gasteiger partial charge in [-0.15, -0.1) is 12.4 Å². The number of alkyl halides is 3. The fourth-order valence-electron chi connectivity index (χ4n) is 2.22. The molecule has 0 radical (unpaired) electrons. The third-order valence-corrected chi connectivity index (χ3v) is 3.49. The molecule has 0 spiro atoms. The monoisotopic (exact) mass is 338 g/mol. The van der Waals surface area contributed by atoms with Crippen molar-refractivity contribution in [2.75, 3.05) is 11.9 Å². The molecule has 0 aromatic heterocycles. The minimum atomic E-state index is -4.44. The number of hydrogen-bond donors (Lipinski definition) is 2. The van der Waals surface area contributed by atoms with Gasteiger partial charge >= 0.3 is 6.18 Å². The molecule has 124 valence electrons. The highest BCUT2D eigenvalue weighted by molar-refractivity contribution is 5.95. The number of carbonyl (C=O) groups excluding carboxylic acids is 1. The summed E-state index contributed by atoms with van der Waals surface area (Å²) in [7, 11) is 0. The van der Waals surface area contributed by atoms with E-state index in [0.717, 1.165) is 12.1 Å². The van der Waals surface area contributed by atoms with E-state index < -0.39 is 23.8 Å². The molecule has 1 fully saturated rings. The predicted molar refractivity (Wildman–Crippen MR) is 79.0 cm³/mol. The number of carbonyl (C=O) groups is 1. The van der Waals surface area contributed by atoms with Gasteiger partial charge in [0.1, 0.15) is 6.10 Å². The molecule has 1 aliphatic rings. The maximum atomic E-state index is 12.7. The molecular weight excluding hydrogens is 321 g/mol. The first kappa shape index (κ1) is 18.7. The second kappa shape index (κ2) is 7.30. The van der Waals surface area contributed by atoms with E-state index in [1.807, 2.05) is 0 Å². The number of rotatable bonds is 3. The van der Waals surface area contributed by atoms with Gasteiger partial charge in [0.15, 0.2) is 0 Å². The Morgan fingerprint density at radius 3 is 2.64 bits per heavy atom. The zero-order valence-corrected chi connectivity index (χ0v) is 12.8. The minimum absolute atomic E-state index is 0. The van der Waals surface area contributed by atoms with Crippen LogP contribution in [0.25, 0.3) is 0 Å². The summed E-state index contributed by atoms with van der Waals surface area (Å²) < 4.78 is 43.5. The van der Waals surface area contributed by atoms with Gasteiger partial charge in [0.25, 0.3) is 5.91 Å². The number of nitrogens with one attached hydrogen (secondary N) is 1. The van der Waals surface area contributed by atoms with Gasteiger partial charge in [-0.05, 0) is 37.5 Å². The summed E-state index contributed by atoms with van der Waals surface area (Å²) in [6.07, 6.45) is -4.07. The molecule has 4 nitrogen and oxygen atoms in total. The van der Waals surface area contributed by atoms with E-state index in [4.69, 9.17) is 10.5 Å². The molecule has 0 aliphatic carbocycles. The molecule has 1 aliphatic heterocycles. The van der Waals surface area contributed by atoms with Crippen molar-refractivity contribution in [2.45, 2.75) is 38.1 Å². The molecule has 8 heteroatoms. The normalized spacial score (nSPS) is 21.3. The first-order valence-electron chi connectivity index (χ1n) is 6.65. The van der Waals surface area contributed by atoms with Gasteiger partial charge in [0.2, 0.25) is 0 Å². The van der Waals surface area contributed by atoms with E-state index in [9.17, 15) is 18.0 Å². The molecule has 1 heterocycles. The van der Waals surface area contributed by atoms with Gasteiger partial charge in [-0.1, -0.05) is 6.07 Å². The fraction of sp³-hybridized carbons (Fsp3) is 0.500. The molecule has 1 saturated heterocycles. The molecule has 1 aromatic rings. The average Bonchev–Trinajstić information content (AvgIpc) is 2.88. The van der Waals surface area contributed by atoms with Gasteiger partial charge in [0.05, 0.1) is 11.7 Å². The Labute approximate surface area is 132 Å². The van der Waals surface area contributed by atoms with Crippen molar-refractivity contribution in [2.24, 2.45) is 5.73 Å². The number of aryl methyl sites for hydroxylation is 1. The molecule has 0 bridgehead atoms. The van der Waals surface area contributed by atoms with E-state index >= 15 is 0 Å². The lowest BCUT2D eigenvalue weighted by molar-refractivity contribution is -0.137. The largest absolute Gasteiger partial charge is 0.416 e. The number of ether oxygens (including phenoxy) is 1. The lowest BCUT2D eigenvalue weighted by Gasteiger charge is -2.15. The third-order valence-electron chi connectivity index (χ3n) is 3.49. The second-order valence-corrected chi connectivity index (χ2v) is 5.08. The molecule has 3 N–H and O–H groups in total. The molecule has 2 atom stereocenters. The SMILES string of the molecule is Cc1ccc(C(F)(F)F)cc1NC(=O)[C@@H]1CC[C@H](CN)O1.Cl. The Morgan fingerprint density at radius 2 is 2.09 bits per heavy atom. The zero-order chi connectivity index (χ0) is 15.6. The molecule has 22 heavy (non-hydrogen) atoms. The Balaban J connectivity index is 0.00000242. The van der Waals surface area contributed by atoms with Crippen molar-refractivity contribution in [3.63, 3.8) is 0 Å². The number of halogens is 4. The maximum absolute atomic E-state index is 12.7. The van der Waals surface area contributed by atoms with E-state index in [0.29, 0.717) is 24.9 Å². The van der Waals surface area contributed by atoms with Crippen LogP contribution in [0, 0.1) is 6.92 Å². The summed E-state index contributed by atoms with van der Waals surface area (Å²) in [6.45, 7) is 1.96. The summed E-state index contributed by atoms with van der Waals surface area (Å²) in [5.41, 5.74) is 5.37. The summed E-state index contributed by atoms with van der Waals surface area (Å²) in [4.78, 5) is 12.0. The Morgan fingerprint density at radius 1 is 1.41 bits per heavy atom. The summed E-state index contributed by atoms with van der Waals surface area (Å²) in [5.74, 6) is -0.437. The number of hydrogen-bond acceptors (Lipinski definition) is 3. The van der Waals surface area contributed by atoms with Crippen LogP contribution in [0.4, 0.5) is 18.9 Å². The number of anilines is 1. The Kier molecular flexibility index (Phi) is 6.22. The van der Waals surface area contributed by atoms with Crippen molar-refractivity contribution in [1.29, 1.82) is 0 Å². The quantitative estimate of drug-likeness (QED) is 0.890. The van der Waals surface area contributed by atoms with Crippen LogP contribution in [0.3, 0.4) is 0 Å². The topological polar surface area (TPSA) is 64.4 Å². The van der Waals surface area contributed by atoms with Crippen LogP contribution in [-0.4, -0.2) is 24.7 Å². The van der Waals surface area contributed by atoms with E-state index in [1.165, 1.54) is 6.07 Å². The highest BCUT2D eigenvalue weighted by Crippen LogP contribution is 2.32. The van der Waals surface area contributed by atoms with Crippen molar-refractivity contribution in [3.8, 4) is 0 Å². The van der Waals surface area contributed by atoms with Gasteiger partial charge in [-0.2, -0.15) is 13.2 Å². The van der Waals surface area contributed by atoms with Crippen molar-refractivity contribution < 1.29 is 22.7 Å². The van der Waals surface area contributed by atoms with E-state index in [-0.39, 0.29) is 24.2 Å². The van der Waals surface area contributed by atoms with Gasteiger partial charge in [0, 0.05) is 12.2 Å². The van der Waals surface area contributed by atoms with Gasteiger partial charge in [-0.3, -0.25) is 4.79 Å². The number of benzene rings is 1. The molecule has 0 saturated carbocycles. The highest BCUT2D eigenvalue weighted by Gasteiger charge is 2.32. The van der Waals surface area contributed by atoms with E-state index in [1.54, 1.807) is 6.92 Å². The zero-order valence-electron chi connectivity index (χ0n) is 11.9. The lowest BCUT2D eigenvalue weighted by Crippen LogP contribution is -2.30.